The Morgan fingerprint density at radius 2 is 1.60 bits per heavy atom. The molecule has 0 spiro atoms. The molecule has 0 radical (unpaired) electrons. The molecule has 3 nitrogen and oxygen atoms in total. The number of halogens is 1. The van der Waals surface area contributed by atoms with Gasteiger partial charge in [-0.2, -0.15) is 0 Å². The van der Waals surface area contributed by atoms with Crippen LogP contribution in [0.25, 0.3) is 0 Å². The molecule has 0 heterocycles. The highest BCUT2D eigenvalue weighted by Gasteiger charge is 2.15. The van der Waals surface area contributed by atoms with Crippen LogP contribution in [0.15, 0.2) is 57.9 Å². The molecule has 132 valence electrons. The first-order chi connectivity index (χ1) is 11.7. The van der Waals surface area contributed by atoms with E-state index in [1.807, 2.05) is 69.3 Å². The highest BCUT2D eigenvalue weighted by molar-refractivity contribution is 9.10. The van der Waals surface area contributed by atoms with Crippen molar-refractivity contribution in [3.63, 3.8) is 0 Å². The van der Waals surface area contributed by atoms with E-state index in [0.717, 1.165) is 15.1 Å². The van der Waals surface area contributed by atoms with Gasteiger partial charge < -0.3 is 5.32 Å². The Morgan fingerprint density at radius 3 is 2.16 bits per heavy atom. The highest BCUT2D eigenvalue weighted by atomic mass is 79.9. The van der Waals surface area contributed by atoms with E-state index in [1.54, 1.807) is 0 Å². The lowest BCUT2D eigenvalue weighted by molar-refractivity contribution is -0.117. The zero-order chi connectivity index (χ0) is 18.4. The first-order valence-corrected chi connectivity index (χ1v) is 9.82. The number of anilines is 1. The van der Waals surface area contributed by atoms with E-state index in [4.69, 9.17) is 0 Å². The Morgan fingerprint density at radius 1 is 1.00 bits per heavy atom. The normalized spacial score (nSPS) is 11.2. The lowest BCUT2D eigenvalue weighted by Gasteiger charge is -2.17. The molecule has 2 rings (SSSR count). The van der Waals surface area contributed by atoms with Crippen LogP contribution < -0.4 is 5.32 Å². The topological polar surface area (TPSA) is 46.2 Å². The molecule has 0 aromatic heterocycles. The molecule has 2 aromatic carbocycles. The number of ketones is 1. The van der Waals surface area contributed by atoms with Crippen molar-refractivity contribution < 1.29 is 9.59 Å². The van der Waals surface area contributed by atoms with E-state index < -0.39 is 0 Å². The number of hydrogen-bond acceptors (Lipinski definition) is 3. The Kier molecular flexibility index (Phi) is 6.85. The lowest BCUT2D eigenvalue weighted by atomic mass is 9.92. The summed E-state index contributed by atoms with van der Waals surface area (Å²) in [7, 11) is 0. The Bertz CT molecular complexity index is 734. The maximum absolute atomic E-state index is 12.2. The van der Waals surface area contributed by atoms with Gasteiger partial charge in [-0.15, -0.1) is 11.8 Å². The number of amides is 1. The zero-order valence-corrected chi connectivity index (χ0v) is 17.0. The fourth-order valence-corrected chi connectivity index (χ4v) is 3.25. The molecule has 0 bridgehead atoms. The van der Waals surface area contributed by atoms with Crippen molar-refractivity contribution in [3.05, 3.63) is 58.6 Å². The number of benzene rings is 2. The fraction of sp³-hybridized carbons (Fsp3) is 0.300. The highest BCUT2D eigenvalue weighted by Crippen LogP contribution is 2.23. The second-order valence-electron chi connectivity index (χ2n) is 7.03. The molecule has 1 amide bonds. The van der Waals surface area contributed by atoms with E-state index in [9.17, 15) is 9.59 Å². The maximum atomic E-state index is 12.2. The van der Waals surface area contributed by atoms with Gasteiger partial charge in [0.05, 0.1) is 5.75 Å². The van der Waals surface area contributed by atoms with Gasteiger partial charge >= 0.3 is 0 Å². The number of carbonyl (C=O) groups is 2. The van der Waals surface area contributed by atoms with Gasteiger partial charge in [-0.05, 0) is 41.8 Å². The van der Waals surface area contributed by atoms with Crippen LogP contribution in [0.1, 0.15) is 37.6 Å². The van der Waals surface area contributed by atoms with Crippen LogP contribution in [-0.2, 0) is 4.79 Å². The fourth-order valence-electron chi connectivity index (χ4n) is 2.19. The van der Waals surface area contributed by atoms with Gasteiger partial charge in [0.25, 0.3) is 0 Å². The van der Waals surface area contributed by atoms with Gasteiger partial charge in [-0.25, -0.2) is 0 Å². The predicted molar refractivity (Wildman–Crippen MR) is 108 cm³/mol. The minimum atomic E-state index is -0.0345. The number of carbonyl (C=O) groups excluding carboxylic acids is 2. The molecule has 0 atom stereocenters. The minimum Gasteiger partial charge on any atom is -0.326 e. The van der Waals surface area contributed by atoms with Crippen molar-refractivity contribution in [1.82, 2.24) is 0 Å². The summed E-state index contributed by atoms with van der Waals surface area (Å²) in [5, 5.41) is 2.90. The van der Waals surface area contributed by atoms with Crippen LogP contribution in [0.3, 0.4) is 0 Å². The summed E-state index contributed by atoms with van der Waals surface area (Å²) in [5.41, 5.74) is 1.45. The standard InChI is InChI=1S/C20H22BrNO2S/c1-20(2,3)12-19(24)22-16-8-10-17(11-9-16)25-13-18(23)14-4-6-15(21)7-5-14/h4-11H,12-13H2,1-3H3,(H,22,24). The molecule has 0 saturated carbocycles. The largest absolute Gasteiger partial charge is 0.326 e. The second kappa shape index (κ2) is 8.68. The number of rotatable bonds is 6. The monoisotopic (exact) mass is 419 g/mol. The van der Waals surface area contributed by atoms with Gasteiger partial charge in [-0.3, -0.25) is 9.59 Å². The molecule has 1 N–H and O–H groups in total. The smallest absolute Gasteiger partial charge is 0.224 e. The summed E-state index contributed by atoms with van der Waals surface area (Å²) >= 11 is 4.85. The van der Waals surface area contributed by atoms with Crippen molar-refractivity contribution in [1.29, 1.82) is 0 Å². The summed E-state index contributed by atoms with van der Waals surface area (Å²) in [6, 6.07) is 15.0. The maximum Gasteiger partial charge on any atom is 0.224 e. The molecule has 25 heavy (non-hydrogen) atoms. The molecular weight excluding hydrogens is 398 g/mol. The average molecular weight is 420 g/mol. The van der Waals surface area contributed by atoms with Gasteiger partial charge in [0.15, 0.2) is 5.78 Å². The van der Waals surface area contributed by atoms with Crippen molar-refractivity contribution >= 4 is 45.1 Å². The van der Waals surface area contributed by atoms with Crippen LogP contribution in [0.2, 0.25) is 0 Å². The number of hydrogen-bond donors (Lipinski definition) is 1. The molecule has 2 aromatic rings. The summed E-state index contributed by atoms with van der Waals surface area (Å²) < 4.78 is 0.959. The minimum absolute atomic E-state index is 0.0123. The molecule has 0 fully saturated rings. The molecule has 5 heteroatoms. The van der Waals surface area contributed by atoms with E-state index in [1.165, 1.54) is 11.8 Å². The number of Topliss-reactive ketones (excluding diaryl/α,β-unsaturated/α-hetero) is 1. The van der Waals surface area contributed by atoms with Gasteiger partial charge in [0.2, 0.25) is 5.91 Å². The van der Waals surface area contributed by atoms with E-state index >= 15 is 0 Å². The molecule has 0 unspecified atom stereocenters. The first kappa shape index (κ1) is 19.7. The van der Waals surface area contributed by atoms with Crippen molar-refractivity contribution in [2.24, 2.45) is 5.41 Å². The van der Waals surface area contributed by atoms with Crippen molar-refractivity contribution in [3.8, 4) is 0 Å². The molecular formula is C20H22BrNO2S. The van der Waals surface area contributed by atoms with E-state index in [2.05, 4.69) is 21.2 Å². The third-order valence-corrected chi connectivity index (χ3v) is 4.91. The van der Waals surface area contributed by atoms with Crippen LogP contribution in [0, 0.1) is 5.41 Å². The molecule has 0 aliphatic carbocycles. The lowest BCUT2D eigenvalue weighted by Crippen LogP contribution is -2.19. The average Bonchev–Trinajstić information content (AvgIpc) is 2.53. The zero-order valence-electron chi connectivity index (χ0n) is 14.6. The van der Waals surface area contributed by atoms with Gasteiger partial charge in [0.1, 0.15) is 0 Å². The molecule has 0 aliphatic rings. The number of thioether (sulfide) groups is 1. The summed E-state index contributed by atoms with van der Waals surface area (Å²) in [6.45, 7) is 6.11. The van der Waals surface area contributed by atoms with E-state index in [-0.39, 0.29) is 17.1 Å². The second-order valence-corrected chi connectivity index (χ2v) is 8.99. The Hall–Kier alpha value is -1.59. The van der Waals surface area contributed by atoms with Crippen LogP contribution in [0.4, 0.5) is 5.69 Å². The predicted octanol–water partition coefficient (Wildman–Crippen LogP) is 5.80. The van der Waals surface area contributed by atoms with Crippen molar-refractivity contribution in [2.75, 3.05) is 11.1 Å². The summed E-state index contributed by atoms with van der Waals surface area (Å²) in [4.78, 5) is 25.1. The third kappa shape index (κ3) is 7.04. The van der Waals surface area contributed by atoms with Crippen LogP contribution in [0.5, 0.6) is 0 Å². The van der Waals surface area contributed by atoms with Gasteiger partial charge in [-0.1, -0.05) is 48.8 Å². The van der Waals surface area contributed by atoms with Gasteiger partial charge in [0, 0.05) is 27.0 Å². The summed E-state index contributed by atoms with van der Waals surface area (Å²) in [6.07, 6.45) is 0.477. The quantitative estimate of drug-likeness (QED) is 0.475. The summed E-state index contributed by atoms with van der Waals surface area (Å²) in [5.74, 6) is 0.496. The molecule has 0 aliphatic heterocycles. The third-order valence-electron chi connectivity index (χ3n) is 3.37. The SMILES string of the molecule is CC(C)(C)CC(=O)Nc1ccc(SCC(=O)c2ccc(Br)cc2)cc1. The van der Waals surface area contributed by atoms with Crippen molar-refractivity contribution in [2.45, 2.75) is 32.1 Å². The Balaban J connectivity index is 1.87. The Labute approximate surface area is 161 Å². The van der Waals surface area contributed by atoms with Crippen LogP contribution >= 0.6 is 27.7 Å². The van der Waals surface area contributed by atoms with Crippen LogP contribution in [-0.4, -0.2) is 17.4 Å². The van der Waals surface area contributed by atoms with E-state index in [0.29, 0.717) is 17.7 Å². The molecule has 0 saturated heterocycles. The number of nitrogens with one attached hydrogen (secondary N) is 1. The first-order valence-electron chi connectivity index (χ1n) is 8.04.